The Morgan fingerprint density at radius 2 is 2.16 bits per heavy atom. The second-order valence-corrected chi connectivity index (χ2v) is 4.74. The largest absolute Gasteiger partial charge is 0.396 e. The van der Waals surface area contributed by atoms with Crippen LogP contribution >= 0.6 is 0 Å². The van der Waals surface area contributed by atoms with Crippen molar-refractivity contribution < 1.29 is 13.9 Å². The van der Waals surface area contributed by atoms with Gasteiger partial charge in [0.05, 0.1) is 5.56 Å². The number of fused-ring (bicyclic) bond motifs is 1. The summed E-state index contributed by atoms with van der Waals surface area (Å²) < 4.78 is 28.8. The van der Waals surface area contributed by atoms with E-state index in [1.165, 1.54) is 12.1 Å². The van der Waals surface area contributed by atoms with Crippen LogP contribution in [0.3, 0.4) is 0 Å². The van der Waals surface area contributed by atoms with Gasteiger partial charge >= 0.3 is 0 Å². The van der Waals surface area contributed by atoms with Crippen molar-refractivity contribution in [3.05, 3.63) is 35.7 Å². The van der Waals surface area contributed by atoms with E-state index in [1.54, 1.807) is 4.57 Å². The second kappa shape index (κ2) is 4.70. The van der Waals surface area contributed by atoms with Gasteiger partial charge in [0.15, 0.2) is 17.5 Å². The summed E-state index contributed by atoms with van der Waals surface area (Å²) in [6.07, 6.45) is 1.52. The fourth-order valence-electron chi connectivity index (χ4n) is 2.42. The standard InChI is InChI=1S/C13H13F2N3O/c14-10-3-1-2-9(12(10)15)13-17-16-11-5-4-8(7-19)6-18(11)13/h1-3,8,19H,4-7H2. The molecule has 3 rings (SSSR count). The highest BCUT2D eigenvalue weighted by Crippen LogP contribution is 2.27. The van der Waals surface area contributed by atoms with Crippen LogP contribution in [0, 0.1) is 17.6 Å². The lowest BCUT2D eigenvalue weighted by atomic mass is 10.00. The van der Waals surface area contributed by atoms with Gasteiger partial charge in [0.2, 0.25) is 0 Å². The molecule has 4 nitrogen and oxygen atoms in total. The minimum atomic E-state index is -0.913. The molecule has 1 aromatic heterocycles. The zero-order valence-electron chi connectivity index (χ0n) is 10.2. The first-order valence-corrected chi connectivity index (χ1v) is 6.18. The van der Waals surface area contributed by atoms with E-state index in [4.69, 9.17) is 0 Å². The van der Waals surface area contributed by atoms with Crippen molar-refractivity contribution in [3.63, 3.8) is 0 Å². The summed E-state index contributed by atoms with van der Waals surface area (Å²) in [5, 5.41) is 17.2. The van der Waals surface area contributed by atoms with E-state index in [9.17, 15) is 13.9 Å². The molecular weight excluding hydrogens is 252 g/mol. The van der Waals surface area contributed by atoms with Crippen LogP contribution in [0.2, 0.25) is 0 Å². The molecule has 19 heavy (non-hydrogen) atoms. The van der Waals surface area contributed by atoms with Crippen LogP contribution in [-0.2, 0) is 13.0 Å². The molecule has 1 unspecified atom stereocenters. The number of aliphatic hydroxyl groups excluding tert-OH is 1. The molecule has 1 aliphatic heterocycles. The lowest BCUT2D eigenvalue weighted by Gasteiger charge is -2.22. The molecule has 0 amide bonds. The van der Waals surface area contributed by atoms with Gasteiger partial charge in [-0.05, 0) is 18.6 Å². The quantitative estimate of drug-likeness (QED) is 0.900. The zero-order valence-corrected chi connectivity index (χ0v) is 10.2. The average molecular weight is 265 g/mol. The Labute approximate surface area is 108 Å². The molecule has 1 atom stereocenters. The minimum absolute atomic E-state index is 0.0721. The van der Waals surface area contributed by atoms with Gasteiger partial charge in [-0.25, -0.2) is 8.78 Å². The summed E-state index contributed by atoms with van der Waals surface area (Å²) in [6.45, 7) is 0.604. The number of aromatic nitrogens is 3. The number of aryl methyl sites for hydroxylation is 1. The topological polar surface area (TPSA) is 50.9 Å². The van der Waals surface area contributed by atoms with Crippen molar-refractivity contribution in [3.8, 4) is 11.4 Å². The predicted molar refractivity (Wildman–Crippen MR) is 64.3 cm³/mol. The molecule has 1 N–H and O–H groups in total. The molecule has 1 aromatic carbocycles. The first kappa shape index (κ1) is 12.2. The Bertz CT molecular complexity index is 612. The van der Waals surface area contributed by atoms with E-state index in [0.29, 0.717) is 18.8 Å². The molecule has 2 aromatic rings. The first-order valence-electron chi connectivity index (χ1n) is 6.18. The van der Waals surface area contributed by atoms with E-state index >= 15 is 0 Å². The Kier molecular flexibility index (Phi) is 3.02. The number of hydrogen-bond acceptors (Lipinski definition) is 3. The number of aliphatic hydroxyl groups is 1. The van der Waals surface area contributed by atoms with Crippen LogP contribution in [0.5, 0.6) is 0 Å². The maximum absolute atomic E-state index is 13.8. The summed E-state index contributed by atoms with van der Waals surface area (Å²) in [6, 6.07) is 4.00. The van der Waals surface area contributed by atoms with E-state index in [1.807, 2.05) is 0 Å². The first-order chi connectivity index (χ1) is 9.20. The molecule has 6 heteroatoms. The molecule has 1 aliphatic rings. The Morgan fingerprint density at radius 3 is 2.95 bits per heavy atom. The maximum atomic E-state index is 13.8. The van der Waals surface area contributed by atoms with Crippen LogP contribution in [0.1, 0.15) is 12.2 Å². The SMILES string of the molecule is OCC1CCc2nnc(-c3cccc(F)c3F)n2C1. The third-order valence-electron chi connectivity index (χ3n) is 3.50. The van der Waals surface area contributed by atoms with Gasteiger partial charge in [-0.1, -0.05) is 6.07 Å². The highest BCUT2D eigenvalue weighted by atomic mass is 19.2. The van der Waals surface area contributed by atoms with Crippen molar-refractivity contribution >= 4 is 0 Å². The average Bonchev–Trinajstić information content (AvgIpc) is 2.84. The van der Waals surface area contributed by atoms with Gasteiger partial charge < -0.3 is 9.67 Å². The molecular formula is C13H13F2N3O. The third-order valence-corrected chi connectivity index (χ3v) is 3.50. The molecule has 100 valence electrons. The molecule has 0 radical (unpaired) electrons. The summed E-state index contributed by atoms with van der Waals surface area (Å²) in [7, 11) is 0. The van der Waals surface area contributed by atoms with Gasteiger partial charge in [0.1, 0.15) is 5.82 Å². The maximum Gasteiger partial charge on any atom is 0.169 e. The van der Waals surface area contributed by atoms with Crippen molar-refractivity contribution in [2.24, 2.45) is 5.92 Å². The number of halogens is 2. The molecule has 0 bridgehead atoms. The fourth-order valence-corrected chi connectivity index (χ4v) is 2.42. The van der Waals surface area contributed by atoms with E-state index < -0.39 is 11.6 Å². The van der Waals surface area contributed by atoms with Gasteiger partial charge in [-0.15, -0.1) is 10.2 Å². The lowest BCUT2D eigenvalue weighted by molar-refractivity contribution is 0.191. The van der Waals surface area contributed by atoms with Crippen LogP contribution in [0.25, 0.3) is 11.4 Å². The monoisotopic (exact) mass is 265 g/mol. The van der Waals surface area contributed by atoms with E-state index in [0.717, 1.165) is 18.3 Å². The summed E-state index contributed by atoms with van der Waals surface area (Å²) in [5.41, 5.74) is 0.109. The van der Waals surface area contributed by atoms with E-state index in [-0.39, 0.29) is 18.1 Å². The van der Waals surface area contributed by atoms with Crippen LogP contribution in [0.4, 0.5) is 8.78 Å². The van der Waals surface area contributed by atoms with Gasteiger partial charge in [-0.3, -0.25) is 0 Å². The third kappa shape index (κ3) is 2.02. The predicted octanol–water partition coefficient (Wildman–Crippen LogP) is 1.78. The Morgan fingerprint density at radius 1 is 1.32 bits per heavy atom. The Balaban J connectivity index is 2.07. The molecule has 0 saturated heterocycles. The molecule has 0 saturated carbocycles. The molecule has 0 fully saturated rings. The number of hydrogen-bond donors (Lipinski definition) is 1. The summed E-state index contributed by atoms with van der Waals surface area (Å²) >= 11 is 0. The summed E-state index contributed by atoms with van der Waals surface area (Å²) in [4.78, 5) is 0. The van der Waals surface area contributed by atoms with Crippen LogP contribution in [0.15, 0.2) is 18.2 Å². The number of benzene rings is 1. The highest BCUT2D eigenvalue weighted by Gasteiger charge is 2.24. The van der Waals surface area contributed by atoms with Crippen molar-refractivity contribution in [2.75, 3.05) is 6.61 Å². The fraction of sp³-hybridized carbons (Fsp3) is 0.385. The van der Waals surface area contributed by atoms with Gasteiger partial charge in [0.25, 0.3) is 0 Å². The number of rotatable bonds is 2. The van der Waals surface area contributed by atoms with Crippen LogP contribution in [-0.4, -0.2) is 26.5 Å². The Hall–Kier alpha value is -1.82. The molecule has 0 spiro atoms. The van der Waals surface area contributed by atoms with Gasteiger partial charge in [-0.2, -0.15) is 0 Å². The van der Waals surface area contributed by atoms with Gasteiger partial charge in [0, 0.05) is 25.5 Å². The zero-order chi connectivity index (χ0) is 13.4. The van der Waals surface area contributed by atoms with E-state index in [2.05, 4.69) is 10.2 Å². The normalized spacial score (nSPS) is 18.4. The van der Waals surface area contributed by atoms with Crippen molar-refractivity contribution in [2.45, 2.75) is 19.4 Å². The summed E-state index contributed by atoms with van der Waals surface area (Å²) in [5.74, 6) is -0.624. The molecule has 2 heterocycles. The second-order valence-electron chi connectivity index (χ2n) is 4.74. The minimum Gasteiger partial charge on any atom is -0.396 e. The smallest absolute Gasteiger partial charge is 0.169 e. The van der Waals surface area contributed by atoms with Crippen molar-refractivity contribution in [1.82, 2.24) is 14.8 Å². The van der Waals surface area contributed by atoms with Crippen LogP contribution < -0.4 is 0 Å². The molecule has 0 aliphatic carbocycles. The number of nitrogens with zero attached hydrogens (tertiary/aromatic N) is 3. The lowest BCUT2D eigenvalue weighted by Crippen LogP contribution is -2.23. The van der Waals surface area contributed by atoms with Crippen molar-refractivity contribution in [1.29, 1.82) is 0 Å². The highest BCUT2D eigenvalue weighted by molar-refractivity contribution is 5.56.